The molecule has 0 bridgehead atoms. The van der Waals surface area contributed by atoms with Crippen LogP contribution in [0.3, 0.4) is 0 Å². The summed E-state index contributed by atoms with van der Waals surface area (Å²) in [5.41, 5.74) is 7.16. The first kappa shape index (κ1) is 21.5. The molecule has 0 aliphatic carbocycles. The fourth-order valence-electron chi connectivity index (χ4n) is 4.55. The van der Waals surface area contributed by atoms with Crippen LogP contribution in [0.25, 0.3) is 33.7 Å². The molecule has 8 nitrogen and oxygen atoms in total. The zero-order chi connectivity index (χ0) is 22.8. The number of aromatic nitrogens is 5. The minimum atomic E-state index is 0.543. The second-order valence-electron chi connectivity index (χ2n) is 8.80. The maximum Gasteiger partial charge on any atom is 0.0928 e. The average Bonchev–Trinajstić information content (AvgIpc) is 3.31. The van der Waals surface area contributed by atoms with Gasteiger partial charge in [-0.15, -0.1) is 0 Å². The highest BCUT2D eigenvalue weighted by Gasteiger charge is 2.23. The van der Waals surface area contributed by atoms with Gasteiger partial charge in [0, 0.05) is 49.5 Å². The number of aromatic amines is 1. The van der Waals surface area contributed by atoms with Gasteiger partial charge in [0.25, 0.3) is 0 Å². The Morgan fingerprint density at radius 3 is 2.67 bits per heavy atom. The number of aryl methyl sites for hydroxylation is 1. The molecule has 1 aliphatic heterocycles. The highest BCUT2D eigenvalue weighted by atomic mass is 15.2. The van der Waals surface area contributed by atoms with Crippen molar-refractivity contribution >= 4 is 16.7 Å². The van der Waals surface area contributed by atoms with E-state index in [1.54, 1.807) is 6.20 Å². The largest absolute Gasteiger partial charge is 0.382 e. The fraction of sp³-hybridized carbons (Fsp3) is 0.360. The van der Waals surface area contributed by atoms with Crippen LogP contribution in [0.1, 0.15) is 19.5 Å². The van der Waals surface area contributed by atoms with E-state index in [-0.39, 0.29) is 0 Å². The number of nitrogens with zero attached hydrogens (tertiary/aromatic N) is 5. The number of H-pyrrole nitrogens is 1. The first-order chi connectivity index (χ1) is 16.1. The summed E-state index contributed by atoms with van der Waals surface area (Å²) in [7, 11) is 0. The summed E-state index contributed by atoms with van der Waals surface area (Å²) in [6.45, 7) is 10.5. The van der Waals surface area contributed by atoms with Crippen molar-refractivity contribution in [2.24, 2.45) is 0 Å². The second kappa shape index (κ2) is 9.25. The van der Waals surface area contributed by atoms with E-state index in [9.17, 15) is 0 Å². The van der Waals surface area contributed by atoms with E-state index in [0.29, 0.717) is 12.1 Å². The van der Waals surface area contributed by atoms with Gasteiger partial charge in [-0.1, -0.05) is 6.07 Å². The lowest BCUT2D eigenvalue weighted by molar-refractivity contribution is 0.122. The molecule has 2 atom stereocenters. The van der Waals surface area contributed by atoms with E-state index in [4.69, 9.17) is 4.98 Å². The fourth-order valence-corrected chi connectivity index (χ4v) is 4.55. The number of rotatable bonds is 6. The Balaban J connectivity index is 1.35. The zero-order valence-corrected chi connectivity index (χ0v) is 19.3. The number of anilines is 1. The highest BCUT2D eigenvalue weighted by Crippen LogP contribution is 2.29. The number of hydrogen-bond acceptors (Lipinski definition) is 7. The molecule has 33 heavy (non-hydrogen) atoms. The Labute approximate surface area is 193 Å². The maximum absolute atomic E-state index is 4.90. The van der Waals surface area contributed by atoms with Crippen molar-refractivity contribution in [2.75, 3.05) is 31.5 Å². The average molecular weight is 443 g/mol. The molecule has 1 saturated heterocycles. The Hall–Kier alpha value is -3.36. The van der Waals surface area contributed by atoms with E-state index < -0.39 is 0 Å². The predicted octanol–water partition coefficient (Wildman–Crippen LogP) is 3.48. The molecule has 4 aromatic heterocycles. The monoisotopic (exact) mass is 442 g/mol. The lowest BCUT2D eigenvalue weighted by atomic mass is 10.1. The van der Waals surface area contributed by atoms with Crippen LogP contribution in [0.5, 0.6) is 0 Å². The van der Waals surface area contributed by atoms with Gasteiger partial charge in [0.15, 0.2) is 0 Å². The van der Waals surface area contributed by atoms with Crippen molar-refractivity contribution in [3.05, 3.63) is 54.5 Å². The van der Waals surface area contributed by atoms with Crippen LogP contribution < -0.4 is 10.6 Å². The van der Waals surface area contributed by atoms with Crippen LogP contribution in [0.15, 0.2) is 48.8 Å². The molecule has 5 rings (SSSR count). The molecule has 1 fully saturated rings. The maximum atomic E-state index is 4.90. The van der Waals surface area contributed by atoms with Crippen LogP contribution in [-0.4, -0.2) is 68.3 Å². The van der Waals surface area contributed by atoms with E-state index in [1.165, 1.54) is 0 Å². The predicted molar refractivity (Wildman–Crippen MR) is 132 cm³/mol. The Morgan fingerprint density at radius 1 is 1.00 bits per heavy atom. The zero-order valence-electron chi connectivity index (χ0n) is 19.3. The summed E-state index contributed by atoms with van der Waals surface area (Å²) in [6.07, 6.45) is 3.69. The van der Waals surface area contributed by atoms with Gasteiger partial charge in [-0.2, -0.15) is 5.10 Å². The van der Waals surface area contributed by atoms with Gasteiger partial charge in [0.1, 0.15) is 0 Å². The lowest BCUT2D eigenvalue weighted by Crippen LogP contribution is -2.56. The van der Waals surface area contributed by atoms with Crippen molar-refractivity contribution in [1.29, 1.82) is 0 Å². The van der Waals surface area contributed by atoms with Crippen molar-refractivity contribution < 1.29 is 0 Å². The molecule has 0 amide bonds. The molecular formula is C25H30N8. The third-order valence-corrected chi connectivity index (χ3v) is 6.31. The van der Waals surface area contributed by atoms with E-state index in [0.717, 1.165) is 71.2 Å². The van der Waals surface area contributed by atoms with Crippen molar-refractivity contribution in [3.8, 4) is 22.6 Å². The lowest BCUT2D eigenvalue weighted by Gasteiger charge is -2.39. The number of hydrogen-bond donors (Lipinski definition) is 3. The summed E-state index contributed by atoms with van der Waals surface area (Å²) < 4.78 is 0. The van der Waals surface area contributed by atoms with Crippen LogP contribution in [0.4, 0.5) is 5.69 Å². The van der Waals surface area contributed by atoms with E-state index in [2.05, 4.69) is 55.6 Å². The quantitative estimate of drug-likeness (QED) is 0.421. The molecule has 1 aliphatic rings. The first-order valence-corrected chi connectivity index (χ1v) is 11.5. The number of fused-ring (bicyclic) bond motifs is 1. The highest BCUT2D eigenvalue weighted by molar-refractivity contribution is 5.83. The molecule has 5 heterocycles. The van der Waals surface area contributed by atoms with Crippen LogP contribution in [-0.2, 0) is 0 Å². The summed E-state index contributed by atoms with van der Waals surface area (Å²) in [4.78, 5) is 16.7. The summed E-state index contributed by atoms with van der Waals surface area (Å²) >= 11 is 0. The van der Waals surface area contributed by atoms with Gasteiger partial charge < -0.3 is 10.6 Å². The molecule has 0 radical (unpaired) electrons. The molecule has 0 saturated carbocycles. The topological polar surface area (TPSA) is 94.7 Å². The standard InChI is InChI=1S/C25H30N8/c1-16-5-4-6-23(30-16)25-20(15-29-32-25)21-7-8-22-24(31-21)11-19(14-28-22)27-9-10-33-17(2)12-26-13-18(33)3/h4-8,11,14-15,17-18,26-27H,9-10,12-13H2,1-3H3,(H,29,32). The Bertz CT molecular complexity index is 1240. The smallest absolute Gasteiger partial charge is 0.0928 e. The Kier molecular flexibility index (Phi) is 6.02. The van der Waals surface area contributed by atoms with Gasteiger partial charge in [-0.25, -0.2) is 4.98 Å². The van der Waals surface area contributed by atoms with Gasteiger partial charge in [0.2, 0.25) is 0 Å². The van der Waals surface area contributed by atoms with Crippen molar-refractivity contribution in [1.82, 2.24) is 35.4 Å². The van der Waals surface area contributed by atoms with Crippen LogP contribution in [0, 0.1) is 6.92 Å². The summed E-state index contributed by atoms with van der Waals surface area (Å²) in [5.74, 6) is 0. The molecule has 170 valence electrons. The number of pyridine rings is 3. The van der Waals surface area contributed by atoms with Gasteiger partial charge in [-0.05, 0) is 51.1 Å². The molecule has 4 aromatic rings. The Morgan fingerprint density at radius 2 is 1.85 bits per heavy atom. The SMILES string of the molecule is Cc1cccc(-c2[nH]ncc2-c2ccc3ncc(NCCN4C(C)CNCC4C)cc3n2)n1. The molecule has 0 spiro atoms. The number of piperazine rings is 1. The van der Waals surface area contributed by atoms with Crippen molar-refractivity contribution in [3.63, 3.8) is 0 Å². The molecule has 3 N–H and O–H groups in total. The van der Waals surface area contributed by atoms with Gasteiger partial charge in [0.05, 0.1) is 46.2 Å². The van der Waals surface area contributed by atoms with Gasteiger partial charge in [-0.3, -0.25) is 20.0 Å². The minimum absolute atomic E-state index is 0.543. The minimum Gasteiger partial charge on any atom is -0.382 e. The molecular weight excluding hydrogens is 412 g/mol. The summed E-state index contributed by atoms with van der Waals surface area (Å²) in [5, 5.41) is 14.4. The van der Waals surface area contributed by atoms with Gasteiger partial charge >= 0.3 is 0 Å². The number of nitrogens with one attached hydrogen (secondary N) is 3. The normalized spacial score (nSPS) is 19.1. The second-order valence-corrected chi connectivity index (χ2v) is 8.80. The van der Waals surface area contributed by atoms with Crippen LogP contribution in [0.2, 0.25) is 0 Å². The third-order valence-electron chi connectivity index (χ3n) is 6.31. The molecule has 0 aromatic carbocycles. The molecule has 2 unspecified atom stereocenters. The van der Waals surface area contributed by atoms with E-state index >= 15 is 0 Å². The first-order valence-electron chi connectivity index (χ1n) is 11.5. The van der Waals surface area contributed by atoms with E-state index in [1.807, 2.05) is 43.5 Å². The van der Waals surface area contributed by atoms with Crippen LogP contribution >= 0.6 is 0 Å². The summed E-state index contributed by atoms with van der Waals surface area (Å²) in [6, 6.07) is 13.1. The molecule has 8 heteroatoms. The van der Waals surface area contributed by atoms with Crippen molar-refractivity contribution in [2.45, 2.75) is 32.9 Å². The third kappa shape index (κ3) is 4.58.